The van der Waals surface area contributed by atoms with Crippen molar-refractivity contribution in [2.24, 2.45) is 0 Å². The van der Waals surface area contributed by atoms with E-state index in [0.29, 0.717) is 5.11 Å². The average molecular weight is 355 g/mol. The lowest BCUT2D eigenvalue weighted by molar-refractivity contribution is 0.577. The quantitative estimate of drug-likeness (QED) is 0.795. The molecule has 5 heteroatoms. The lowest BCUT2D eigenvalue weighted by atomic mass is 10.1. The molecule has 132 valence electrons. The monoisotopic (exact) mass is 354 g/mol. The maximum Gasteiger partial charge on any atom is 0.172 e. The van der Waals surface area contributed by atoms with Crippen molar-refractivity contribution in [2.45, 2.75) is 39.2 Å². The van der Waals surface area contributed by atoms with Gasteiger partial charge in [0, 0.05) is 25.0 Å². The van der Waals surface area contributed by atoms with Crippen molar-refractivity contribution >= 4 is 28.8 Å². The summed E-state index contributed by atoms with van der Waals surface area (Å²) in [4.78, 5) is 6.79. The Morgan fingerprint density at radius 2 is 1.80 bits per heavy atom. The summed E-state index contributed by atoms with van der Waals surface area (Å²) < 4.78 is 0. The second-order valence-electron chi connectivity index (χ2n) is 6.68. The molecule has 0 saturated carbocycles. The van der Waals surface area contributed by atoms with Gasteiger partial charge in [-0.3, -0.25) is 0 Å². The van der Waals surface area contributed by atoms with Gasteiger partial charge in [-0.15, -0.1) is 0 Å². The summed E-state index contributed by atoms with van der Waals surface area (Å²) in [5.41, 5.74) is 3.67. The first-order chi connectivity index (χ1) is 12.1. The summed E-state index contributed by atoms with van der Waals surface area (Å²) in [5, 5.41) is 7.05. The first kappa shape index (κ1) is 17.7. The summed E-state index contributed by atoms with van der Waals surface area (Å²) in [6.45, 7) is 6.48. The highest BCUT2D eigenvalue weighted by atomic mass is 32.1. The van der Waals surface area contributed by atoms with Crippen LogP contribution in [0.1, 0.15) is 43.4 Å². The molecule has 1 aliphatic heterocycles. The number of benzene rings is 1. The minimum Gasteiger partial charge on any atom is -0.372 e. The summed E-state index contributed by atoms with van der Waals surface area (Å²) >= 11 is 5.40. The first-order valence-corrected chi connectivity index (χ1v) is 9.38. The summed E-state index contributed by atoms with van der Waals surface area (Å²) in [6, 6.07) is 12.9. The van der Waals surface area contributed by atoms with Crippen molar-refractivity contribution in [1.29, 1.82) is 0 Å². The Bertz CT molecular complexity index is 691. The molecule has 2 N–H and O–H groups in total. The van der Waals surface area contributed by atoms with E-state index in [4.69, 9.17) is 12.2 Å². The number of hydrogen-bond acceptors (Lipinski definition) is 3. The number of anilines is 2. The van der Waals surface area contributed by atoms with Crippen LogP contribution in [0.25, 0.3) is 0 Å². The molecular formula is C20H26N4S. The molecule has 4 nitrogen and oxygen atoms in total. The van der Waals surface area contributed by atoms with E-state index in [1.165, 1.54) is 43.6 Å². The van der Waals surface area contributed by atoms with Crippen LogP contribution < -0.4 is 15.5 Å². The van der Waals surface area contributed by atoms with Gasteiger partial charge in [0.15, 0.2) is 5.11 Å². The summed E-state index contributed by atoms with van der Waals surface area (Å²) in [7, 11) is 0. The van der Waals surface area contributed by atoms with E-state index >= 15 is 0 Å². The highest BCUT2D eigenvalue weighted by Crippen LogP contribution is 2.22. The molecule has 1 aromatic heterocycles. The summed E-state index contributed by atoms with van der Waals surface area (Å²) in [6.07, 6.45) is 5.78. The molecule has 0 amide bonds. The molecule has 0 spiro atoms. The smallest absolute Gasteiger partial charge is 0.172 e. The van der Waals surface area contributed by atoms with Crippen LogP contribution in [0.5, 0.6) is 0 Å². The number of thiocarbonyl (C=S) groups is 1. The normalized spacial score (nSPS) is 15.5. The number of hydrogen-bond donors (Lipinski definition) is 2. The lowest BCUT2D eigenvalue weighted by Gasteiger charge is -2.29. The largest absolute Gasteiger partial charge is 0.372 e. The Morgan fingerprint density at radius 3 is 2.44 bits per heavy atom. The van der Waals surface area contributed by atoms with Gasteiger partial charge in [-0.1, -0.05) is 18.2 Å². The average Bonchev–Trinajstić information content (AvgIpc) is 2.64. The van der Waals surface area contributed by atoms with E-state index in [0.717, 1.165) is 11.4 Å². The van der Waals surface area contributed by atoms with E-state index in [1.807, 2.05) is 25.3 Å². The highest BCUT2D eigenvalue weighted by Gasteiger charge is 2.12. The molecule has 1 saturated heterocycles. The number of aryl methyl sites for hydroxylation is 1. The van der Waals surface area contributed by atoms with Gasteiger partial charge in [-0.2, -0.15) is 0 Å². The third-order valence-electron chi connectivity index (χ3n) is 4.61. The van der Waals surface area contributed by atoms with Gasteiger partial charge in [-0.05, 0) is 74.7 Å². The van der Waals surface area contributed by atoms with Gasteiger partial charge in [0.05, 0.1) is 6.04 Å². The second-order valence-corrected chi connectivity index (χ2v) is 7.09. The zero-order chi connectivity index (χ0) is 17.6. The Hall–Kier alpha value is -2.14. The predicted octanol–water partition coefficient (Wildman–Crippen LogP) is 4.43. The molecule has 1 aromatic carbocycles. The van der Waals surface area contributed by atoms with Crippen molar-refractivity contribution in [3.8, 4) is 0 Å². The topological polar surface area (TPSA) is 40.2 Å². The Balaban J connectivity index is 1.55. The Morgan fingerprint density at radius 1 is 1.08 bits per heavy atom. The van der Waals surface area contributed by atoms with Crippen LogP contribution in [-0.4, -0.2) is 23.2 Å². The van der Waals surface area contributed by atoms with Crippen LogP contribution in [0.15, 0.2) is 42.6 Å². The van der Waals surface area contributed by atoms with Gasteiger partial charge >= 0.3 is 0 Å². The number of rotatable bonds is 4. The molecule has 25 heavy (non-hydrogen) atoms. The zero-order valence-electron chi connectivity index (χ0n) is 15.0. The van der Waals surface area contributed by atoms with E-state index < -0.39 is 0 Å². The van der Waals surface area contributed by atoms with Gasteiger partial charge in [0.2, 0.25) is 0 Å². The maximum absolute atomic E-state index is 5.40. The van der Waals surface area contributed by atoms with E-state index in [2.05, 4.69) is 51.7 Å². The molecule has 0 aliphatic carbocycles. The Labute approximate surface area is 155 Å². The zero-order valence-corrected chi connectivity index (χ0v) is 15.8. The van der Waals surface area contributed by atoms with Gasteiger partial charge < -0.3 is 15.5 Å². The fourth-order valence-electron chi connectivity index (χ4n) is 3.10. The number of aromatic nitrogens is 1. The SMILES string of the molecule is Cc1ccc(NC(=S)NC(C)c2ccc(N3CCCCC3)cc2)nc1. The number of nitrogens with one attached hydrogen (secondary N) is 2. The van der Waals surface area contributed by atoms with Crippen LogP contribution >= 0.6 is 12.2 Å². The maximum atomic E-state index is 5.40. The summed E-state index contributed by atoms with van der Waals surface area (Å²) in [5.74, 6) is 0.760. The number of nitrogens with zero attached hydrogens (tertiary/aromatic N) is 2. The van der Waals surface area contributed by atoms with Crippen molar-refractivity contribution in [3.05, 3.63) is 53.7 Å². The fourth-order valence-corrected chi connectivity index (χ4v) is 3.38. The van der Waals surface area contributed by atoms with Gasteiger partial charge in [0.1, 0.15) is 5.82 Å². The van der Waals surface area contributed by atoms with Crippen LogP contribution in [0.4, 0.5) is 11.5 Å². The highest BCUT2D eigenvalue weighted by molar-refractivity contribution is 7.80. The van der Waals surface area contributed by atoms with Crippen LogP contribution in [-0.2, 0) is 0 Å². The minimum atomic E-state index is 0.140. The molecule has 2 aromatic rings. The van der Waals surface area contributed by atoms with Gasteiger partial charge in [-0.25, -0.2) is 4.98 Å². The number of pyridine rings is 1. The third kappa shape index (κ3) is 4.92. The lowest BCUT2D eigenvalue weighted by Crippen LogP contribution is -2.31. The Kier molecular flexibility index (Phi) is 5.87. The molecular weight excluding hydrogens is 328 g/mol. The van der Waals surface area contributed by atoms with E-state index in [9.17, 15) is 0 Å². The van der Waals surface area contributed by atoms with E-state index in [1.54, 1.807) is 0 Å². The molecule has 1 atom stereocenters. The molecule has 2 heterocycles. The molecule has 1 aliphatic rings. The molecule has 3 rings (SSSR count). The fraction of sp³-hybridized carbons (Fsp3) is 0.400. The van der Waals surface area contributed by atoms with Crippen molar-refractivity contribution in [1.82, 2.24) is 10.3 Å². The van der Waals surface area contributed by atoms with Crippen molar-refractivity contribution in [2.75, 3.05) is 23.3 Å². The molecule has 1 fully saturated rings. The predicted molar refractivity (Wildman–Crippen MR) is 109 cm³/mol. The minimum absolute atomic E-state index is 0.140. The van der Waals surface area contributed by atoms with E-state index in [-0.39, 0.29) is 6.04 Å². The van der Waals surface area contributed by atoms with Crippen molar-refractivity contribution in [3.63, 3.8) is 0 Å². The van der Waals surface area contributed by atoms with Crippen molar-refractivity contribution < 1.29 is 0 Å². The van der Waals surface area contributed by atoms with Crippen LogP contribution in [0, 0.1) is 6.92 Å². The molecule has 0 bridgehead atoms. The molecule has 0 radical (unpaired) electrons. The third-order valence-corrected chi connectivity index (χ3v) is 4.83. The second kappa shape index (κ2) is 8.30. The first-order valence-electron chi connectivity index (χ1n) is 8.97. The van der Waals surface area contributed by atoms with Crippen LogP contribution in [0.3, 0.4) is 0 Å². The van der Waals surface area contributed by atoms with Crippen LogP contribution in [0.2, 0.25) is 0 Å². The van der Waals surface area contributed by atoms with Gasteiger partial charge in [0.25, 0.3) is 0 Å². The standard InChI is InChI=1S/C20H26N4S/c1-15-6-11-19(21-14-15)23-20(25)22-16(2)17-7-9-18(10-8-17)24-12-4-3-5-13-24/h6-11,14,16H,3-5,12-13H2,1-2H3,(H2,21,22,23,25). The molecule has 1 unspecified atom stereocenters. The number of piperidine rings is 1.